The number of nitrogens with one attached hydrogen (secondary N) is 1. The number of alkyl halides is 3. The molecule has 0 bridgehead atoms. The molecule has 114 valence electrons. The standard InChI is InChI=1S/C12H9Br2F3N2OS/c13-9-5-7(11(14)21-9)10(19-18)6-3-1-2-4-8(6)20-12(15,16)17/h1-5,10,19H,18H2. The van der Waals surface area contributed by atoms with Crippen LogP contribution in [0.15, 0.2) is 37.9 Å². The number of hydrogen-bond acceptors (Lipinski definition) is 4. The van der Waals surface area contributed by atoms with Crippen molar-refractivity contribution in [3.05, 3.63) is 49.0 Å². The molecule has 1 heterocycles. The quantitative estimate of drug-likeness (QED) is 0.528. The van der Waals surface area contributed by atoms with Gasteiger partial charge in [-0.3, -0.25) is 5.84 Å². The maximum absolute atomic E-state index is 12.5. The number of thiophene rings is 1. The highest BCUT2D eigenvalue weighted by atomic mass is 79.9. The number of rotatable bonds is 4. The van der Waals surface area contributed by atoms with Gasteiger partial charge < -0.3 is 4.74 Å². The summed E-state index contributed by atoms with van der Waals surface area (Å²) in [6.45, 7) is 0. The van der Waals surface area contributed by atoms with Gasteiger partial charge in [0.25, 0.3) is 0 Å². The molecule has 0 aliphatic rings. The van der Waals surface area contributed by atoms with Crippen LogP contribution in [0.25, 0.3) is 0 Å². The van der Waals surface area contributed by atoms with E-state index in [1.54, 1.807) is 12.1 Å². The highest BCUT2D eigenvalue weighted by Gasteiger charge is 2.33. The molecule has 2 aromatic rings. The average molecular weight is 446 g/mol. The molecule has 0 saturated heterocycles. The molecule has 1 aromatic heterocycles. The summed E-state index contributed by atoms with van der Waals surface area (Å²) >= 11 is 8.10. The Balaban J connectivity index is 2.46. The number of para-hydroxylation sites is 1. The first-order chi connectivity index (χ1) is 9.81. The van der Waals surface area contributed by atoms with E-state index in [9.17, 15) is 13.2 Å². The fraction of sp³-hybridized carbons (Fsp3) is 0.167. The summed E-state index contributed by atoms with van der Waals surface area (Å²) in [7, 11) is 0. The van der Waals surface area contributed by atoms with Gasteiger partial charge in [-0.2, -0.15) is 0 Å². The van der Waals surface area contributed by atoms with Gasteiger partial charge in [0.05, 0.1) is 13.6 Å². The lowest BCUT2D eigenvalue weighted by Gasteiger charge is -2.20. The zero-order valence-electron chi connectivity index (χ0n) is 10.2. The van der Waals surface area contributed by atoms with Gasteiger partial charge >= 0.3 is 6.36 Å². The van der Waals surface area contributed by atoms with Crippen LogP contribution in [0.5, 0.6) is 5.75 Å². The molecule has 1 atom stereocenters. The Morgan fingerprint density at radius 2 is 1.86 bits per heavy atom. The fourth-order valence-corrected chi connectivity index (χ4v) is 4.74. The van der Waals surface area contributed by atoms with E-state index in [0.29, 0.717) is 11.1 Å². The van der Waals surface area contributed by atoms with Gasteiger partial charge in [0.15, 0.2) is 0 Å². The maximum atomic E-state index is 12.5. The lowest BCUT2D eigenvalue weighted by atomic mass is 10.0. The van der Waals surface area contributed by atoms with Crippen LogP contribution in [-0.2, 0) is 0 Å². The highest BCUT2D eigenvalue weighted by molar-refractivity contribution is 9.12. The topological polar surface area (TPSA) is 47.3 Å². The summed E-state index contributed by atoms with van der Waals surface area (Å²) in [5, 5.41) is 0. The molecule has 0 radical (unpaired) electrons. The number of hydrazine groups is 1. The summed E-state index contributed by atoms with van der Waals surface area (Å²) in [4.78, 5) is 0. The van der Waals surface area contributed by atoms with Crippen molar-refractivity contribution in [3.63, 3.8) is 0 Å². The Kier molecular flexibility index (Phi) is 5.31. The van der Waals surface area contributed by atoms with Crippen LogP contribution in [0.3, 0.4) is 0 Å². The van der Waals surface area contributed by atoms with E-state index in [-0.39, 0.29) is 5.75 Å². The van der Waals surface area contributed by atoms with Gasteiger partial charge in [-0.05, 0) is 44.0 Å². The Hall–Kier alpha value is -0.610. The minimum Gasteiger partial charge on any atom is -0.405 e. The summed E-state index contributed by atoms with van der Waals surface area (Å²) in [5.74, 6) is 5.24. The number of ether oxygens (including phenoxy) is 1. The van der Waals surface area contributed by atoms with Crippen LogP contribution >= 0.6 is 43.2 Å². The Morgan fingerprint density at radius 1 is 1.19 bits per heavy atom. The van der Waals surface area contributed by atoms with E-state index in [0.717, 1.165) is 7.57 Å². The van der Waals surface area contributed by atoms with Gasteiger partial charge in [0, 0.05) is 11.1 Å². The van der Waals surface area contributed by atoms with Crippen LogP contribution in [0.1, 0.15) is 17.2 Å². The lowest BCUT2D eigenvalue weighted by molar-refractivity contribution is -0.275. The average Bonchev–Trinajstić information content (AvgIpc) is 2.70. The van der Waals surface area contributed by atoms with Gasteiger partial charge in [-0.25, -0.2) is 5.43 Å². The smallest absolute Gasteiger partial charge is 0.405 e. The second-order valence-corrected chi connectivity index (χ2v) is 7.71. The molecule has 3 N–H and O–H groups in total. The van der Waals surface area contributed by atoms with Gasteiger partial charge in [-0.1, -0.05) is 18.2 Å². The molecule has 3 nitrogen and oxygen atoms in total. The van der Waals surface area contributed by atoms with Crippen molar-refractivity contribution in [2.45, 2.75) is 12.4 Å². The molecule has 0 aliphatic heterocycles. The first kappa shape index (κ1) is 16.8. The first-order valence-electron chi connectivity index (χ1n) is 5.57. The van der Waals surface area contributed by atoms with Crippen molar-refractivity contribution >= 4 is 43.2 Å². The number of hydrogen-bond donors (Lipinski definition) is 2. The summed E-state index contributed by atoms with van der Waals surface area (Å²) in [6, 6.07) is 7.02. The van der Waals surface area contributed by atoms with Crippen LogP contribution in [0.2, 0.25) is 0 Å². The zero-order chi connectivity index (χ0) is 15.6. The third-order valence-electron chi connectivity index (χ3n) is 2.62. The Labute approximate surface area is 139 Å². The molecule has 0 spiro atoms. The second-order valence-electron chi connectivity index (χ2n) is 3.96. The van der Waals surface area contributed by atoms with E-state index < -0.39 is 12.4 Å². The minimum absolute atomic E-state index is 0.290. The van der Waals surface area contributed by atoms with Gasteiger partial charge in [0.2, 0.25) is 0 Å². The van der Waals surface area contributed by atoms with Crippen LogP contribution in [0.4, 0.5) is 13.2 Å². The summed E-state index contributed by atoms with van der Waals surface area (Å²) < 4.78 is 43.1. The number of benzene rings is 1. The largest absolute Gasteiger partial charge is 0.573 e. The molecular weight excluding hydrogens is 437 g/mol. The fourth-order valence-electron chi connectivity index (χ4n) is 1.83. The van der Waals surface area contributed by atoms with Gasteiger partial charge in [0.1, 0.15) is 5.75 Å². The van der Waals surface area contributed by atoms with E-state index in [1.165, 1.54) is 29.5 Å². The summed E-state index contributed by atoms with van der Waals surface area (Å²) in [5.41, 5.74) is 3.53. The third kappa shape index (κ3) is 4.19. The van der Waals surface area contributed by atoms with E-state index >= 15 is 0 Å². The monoisotopic (exact) mass is 444 g/mol. The van der Waals surface area contributed by atoms with E-state index in [2.05, 4.69) is 42.0 Å². The third-order valence-corrected chi connectivity index (χ3v) is 5.00. The van der Waals surface area contributed by atoms with Crippen molar-refractivity contribution in [1.29, 1.82) is 0 Å². The van der Waals surface area contributed by atoms with E-state index in [1.807, 2.05) is 0 Å². The van der Waals surface area contributed by atoms with Crippen molar-refractivity contribution in [1.82, 2.24) is 5.43 Å². The lowest BCUT2D eigenvalue weighted by Crippen LogP contribution is -2.30. The molecule has 9 heteroatoms. The Bertz CT molecular complexity index is 633. The predicted octanol–water partition coefficient (Wildman–Crippen LogP) is 4.72. The molecule has 1 aromatic carbocycles. The predicted molar refractivity (Wildman–Crippen MR) is 82.0 cm³/mol. The molecule has 0 saturated carbocycles. The molecule has 0 fully saturated rings. The normalized spacial score (nSPS) is 13.2. The number of halogens is 5. The molecule has 2 rings (SSSR count). The van der Waals surface area contributed by atoms with Crippen LogP contribution < -0.4 is 16.0 Å². The molecule has 21 heavy (non-hydrogen) atoms. The van der Waals surface area contributed by atoms with E-state index in [4.69, 9.17) is 5.84 Å². The van der Waals surface area contributed by atoms with Crippen molar-refractivity contribution < 1.29 is 17.9 Å². The molecule has 0 amide bonds. The van der Waals surface area contributed by atoms with Gasteiger partial charge in [-0.15, -0.1) is 24.5 Å². The van der Waals surface area contributed by atoms with Crippen LogP contribution in [0, 0.1) is 0 Å². The van der Waals surface area contributed by atoms with Crippen molar-refractivity contribution in [2.24, 2.45) is 5.84 Å². The SMILES string of the molecule is NNC(c1ccccc1OC(F)(F)F)c1cc(Br)sc1Br. The summed E-state index contributed by atoms with van der Waals surface area (Å²) in [6.07, 6.45) is -4.76. The molecule has 0 aliphatic carbocycles. The van der Waals surface area contributed by atoms with Crippen molar-refractivity contribution in [2.75, 3.05) is 0 Å². The maximum Gasteiger partial charge on any atom is 0.573 e. The number of nitrogens with two attached hydrogens (primary N) is 1. The van der Waals surface area contributed by atoms with Crippen LogP contribution in [-0.4, -0.2) is 6.36 Å². The highest BCUT2D eigenvalue weighted by Crippen LogP contribution is 2.40. The minimum atomic E-state index is -4.76. The molecule has 1 unspecified atom stereocenters. The zero-order valence-corrected chi connectivity index (χ0v) is 14.2. The first-order valence-corrected chi connectivity index (χ1v) is 7.97. The Morgan fingerprint density at radius 3 is 2.38 bits per heavy atom. The second kappa shape index (κ2) is 6.66. The van der Waals surface area contributed by atoms with Crippen molar-refractivity contribution in [3.8, 4) is 5.75 Å². The molecular formula is C12H9Br2F3N2OS.